The van der Waals surface area contributed by atoms with Gasteiger partial charge in [-0.3, -0.25) is 0 Å². The second-order valence-electron chi connectivity index (χ2n) is 3.17. The molecule has 0 aromatic rings. The van der Waals surface area contributed by atoms with Crippen molar-refractivity contribution in [3.05, 3.63) is 10.4 Å². The first-order valence-corrected chi connectivity index (χ1v) is 3.98. The third kappa shape index (κ3) is 1.85. The van der Waals surface area contributed by atoms with Crippen molar-refractivity contribution in [1.82, 2.24) is 0 Å². The molecule has 1 N–H and O–H groups in total. The highest BCUT2D eigenvalue weighted by Gasteiger charge is 2.27. The van der Waals surface area contributed by atoms with Gasteiger partial charge in [-0.05, 0) is 24.3 Å². The zero-order valence-electron chi connectivity index (χ0n) is 6.64. The molecule has 0 aromatic heterocycles. The van der Waals surface area contributed by atoms with Gasteiger partial charge in [0.05, 0.1) is 12.1 Å². The van der Waals surface area contributed by atoms with E-state index in [1.54, 1.807) is 0 Å². The molecular weight excluding hydrogens is 142 g/mol. The molecule has 0 bridgehead atoms. The zero-order valence-corrected chi connectivity index (χ0v) is 6.64. The van der Waals surface area contributed by atoms with Crippen LogP contribution in [0.15, 0.2) is 5.11 Å². The van der Waals surface area contributed by atoms with Gasteiger partial charge in [-0.15, -0.1) is 0 Å². The van der Waals surface area contributed by atoms with E-state index in [0.29, 0.717) is 0 Å². The number of aliphatic hydroxyl groups excluding tert-OH is 1. The lowest BCUT2D eigenvalue weighted by molar-refractivity contribution is 0.0603. The van der Waals surface area contributed by atoms with Crippen molar-refractivity contribution < 1.29 is 5.11 Å². The third-order valence-electron chi connectivity index (χ3n) is 2.34. The van der Waals surface area contributed by atoms with E-state index in [0.717, 1.165) is 19.3 Å². The van der Waals surface area contributed by atoms with Gasteiger partial charge >= 0.3 is 0 Å². The van der Waals surface area contributed by atoms with Crippen LogP contribution in [0.2, 0.25) is 0 Å². The summed E-state index contributed by atoms with van der Waals surface area (Å²) < 4.78 is 0. The van der Waals surface area contributed by atoms with Gasteiger partial charge < -0.3 is 5.11 Å². The summed E-state index contributed by atoms with van der Waals surface area (Å²) >= 11 is 0. The van der Waals surface area contributed by atoms with E-state index >= 15 is 0 Å². The van der Waals surface area contributed by atoms with Crippen molar-refractivity contribution in [2.75, 3.05) is 0 Å². The quantitative estimate of drug-likeness (QED) is 0.350. The first-order chi connectivity index (χ1) is 5.25. The summed E-state index contributed by atoms with van der Waals surface area (Å²) in [5.74, 6) is 0.277. The average Bonchev–Trinajstić information content (AvgIpc) is 1.99. The summed E-state index contributed by atoms with van der Waals surface area (Å²) in [4.78, 5) is 2.71. The normalized spacial score (nSPS) is 37.8. The molecule has 4 heteroatoms. The number of nitrogens with zero attached hydrogens (tertiary/aromatic N) is 3. The van der Waals surface area contributed by atoms with Gasteiger partial charge in [0.25, 0.3) is 0 Å². The summed E-state index contributed by atoms with van der Waals surface area (Å²) in [6.45, 7) is 1.99. The van der Waals surface area contributed by atoms with Crippen LogP contribution >= 0.6 is 0 Å². The number of hydrogen-bond donors (Lipinski definition) is 1. The molecule has 0 unspecified atom stereocenters. The second kappa shape index (κ2) is 3.60. The molecule has 1 rings (SSSR count). The Hall–Kier alpha value is -0.730. The summed E-state index contributed by atoms with van der Waals surface area (Å²) in [5.41, 5.74) is 8.17. The van der Waals surface area contributed by atoms with Crippen molar-refractivity contribution >= 4 is 0 Å². The minimum absolute atomic E-state index is 0.191. The van der Waals surface area contributed by atoms with Gasteiger partial charge in [-0.1, -0.05) is 18.5 Å². The molecule has 3 atom stereocenters. The van der Waals surface area contributed by atoms with Crippen LogP contribution in [0.1, 0.15) is 26.2 Å². The first-order valence-electron chi connectivity index (χ1n) is 3.98. The lowest BCUT2D eigenvalue weighted by Crippen LogP contribution is -2.34. The summed E-state index contributed by atoms with van der Waals surface area (Å²) in [6.07, 6.45) is 2.50. The van der Waals surface area contributed by atoms with Gasteiger partial charge in [0.15, 0.2) is 0 Å². The highest BCUT2D eigenvalue weighted by atomic mass is 16.3. The number of aliphatic hydroxyl groups is 1. The predicted molar refractivity (Wildman–Crippen MR) is 42.0 cm³/mol. The molecule has 62 valence electrons. The van der Waals surface area contributed by atoms with E-state index in [2.05, 4.69) is 10.0 Å². The van der Waals surface area contributed by atoms with E-state index in [1.165, 1.54) is 0 Å². The Kier molecular flexibility index (Phi) is 2.74. The topological polar surface area (TPSA) is 69.0 Å². The molecule has 1 fully saturated rings. The van der Waals surface area contributed by atoms with Gasteiger partial charge in [-0.2, -0.15) is 0 Å². The van der Waals surface area contributed by atoms with Gasteiger partial charge in [0.2, 0.25) is 0 Å². The first kappa shape index (κ1) is 8.37. The molecule has 0 spiro atoms. The fraction of sp³-hybridized carbons (Fsp3) is 1.00. The molecule has 0 amide bonds. The van der Waals surface area contributed by atoms with Crippen molar-refractivity contribution in [2.45, 2.75) is 38.3 Å². The Balaban J connectivity index is 2.57. The van der Waals surface area contributed by atoms with Crippen LogP contribution in [0, 0.1) is 5.92 Å². The van der Waals surface area contributed by atoms with Crippen molar-refractivity contribution in [3.8, 4) is 0 Å². The van der Waals surface area contributed by atoms with Crippen LogP contribution in [0.4, 0.5) is 0 Å². The van der Waals surface area contributed by atoms with Gasteiger partial charge in [0.1, 0.15) is 0 Å². The average molecular weight is 155 g/mol. The second-order valence-corrected chi connectivity index (χ2v) is 3.17. The minimum Gasteiger partial charge on any atom is -0.392 e. The van der Waals surface area contributed by atoms with E-state index in [1.807, 2.05) is 6.92 Å². The Labute approximate surface area is 65.9 Å². The monoisotopic (exact) mass is 155 g/mol. The fourth-order valence-corrected chi connectivity index (χ4v) is 1.56. The van der Waals surface area contributed by atoms with Crippen LogP contribution in [0.25, 0.3) is 10.4 Å². The molecule has 0 aromatic carbocycles. The maximum Gasteiger partial charge on any atom is 0.0650 e. The zero-order chi connectivity index (χ0) is 8.27. The van der Waals surface area contributed by atoms with Crippen LogP contribution in [0.5, 0.6) is 0 Å². The van der Waals surface area contributed by atoms with Crippen molar-refractivity contribution in [2.24, 2.45) is 11.0 Å². The van der Waals surface area contributed by atoms with Crippen molar-refractivity contribution in [1.29, 1.82) is 0 Å². The third-order valence-corrected chi connectivity index (χ3v) is 2.34. The molecule has 11 heavy (non-hydrogen) atoms. The standard InChI is InChI=1S/C7H13N3O/c1-5-3-2-4-6(7(5)11)9-10-8/h5-7,11H,2-4H2,1H3/t5-,6+,7+/m0/s1. The largest absolute Gasteiger partial charge is 0.392 e. The number of azide groups is 1. The van der Waals surface area contributed by atoms with E-state index in [-0.39, 0.29) is 12.0 Å². The van der Waals surface area contributed by atoms with Crippen LogP contribution in [0.3, 0.4) is 0 Å². The lowest BCUT2D eigenvalue weighted by atomic mass is 9.85. The van der Waals surface area contributed by atoms with E-state index in [4.69, 9.17) is 5.53 Å². The Morgan fingerprint density at radius 1 is 1.55 bits per heavy atom. The number of rotatable bonds is 1. The Bertz CT molecular complexity index is 177. The summed E-state index contributed by atoms with van der Waals surface area (Å²) in [5, 5.41) is 13.0. The Morgan fingerprint density at radius 2 is 2.27 bits per heavy atom. The molecule has 0 aliphatic heterocycles. The summed E-state index contributed by atoms with van der Waals surface area (Å²) in [7, 11) is 0. The molecule has 1 aliphatic carbocycles. The van der Waals surface area contributed by atoms with E-state index < -0.39 is 6.10 Å². The maximum absolute atomic E-state index is 9.50. The van der Waals surface area contributed by atoms with Gasteiger partial charge in [0, 0.05) is 4.91 Å². The maximum atomic E-state index is 9.50. The molecule has 1 saturated carbocycles. The molecule has 0 radical (unpaired) electrons. The van der Waals surface area contributed by atoms with Gasteiger partial charge in [-0.25, -0.2) is 0 Å². The SMILES string of the molecule is C[C@H]1CCC[C@@H](N=[N+]=[N-])[C@@H]1O. The Morgan fingerprint density at radius 3 is 2.91 bits per heavy atom. The molecule has 4 nitrogen and oxygen atoms in total. The number of hydrogen-bond acceptors (Lipinski definition) is 2. The van der Waals surface area contributed by atoms with Crippen LogP contribution in [-0.2, 0) is 0 Å². The molecular formula is C7H13N3O. The summed E-state index contributed by atoms with van der Waals surface area (Å²) in [6, 6.07) is -0.191. The minimum atomic E-state index is -0.431. The van der Waals surface area contributed by atoms with Crippen molar-refractivity contribution in [3.63, 3.8) is 0 Å². The van der Waals surface area contributed by atoms with Crippen LogP contribution in [-0.4, -0.2) is 17.3 Å². The van der Waals surface area contributed by atoms with Crippen LogP contribution < -0.4 is 0 Å². The highest BCUT2D eigenvalue weighted by Crippen LogP contribution is 2.26. The molecule has 0 heterocycles. The van der Waals surface area contributed by atoms with E-state index in [9.17, 15) is 5.11 Å². The predicted octanol–water partition coefficient (Wildman–Crippen LogP) is 1.85. The lowest BCUT2D eigenvalue weighted by Gasteiger charge is -2.29. The molecule has 0 saturated heterocycles. The highest BCUT2D eigenvalue weighted by molar-refractivity contribution is 4.84. The molecule has 1 aliphatic rings. The smallest absolute Gasteiger partial charge is 0.0650 e. The fourth-order valence-electron chi connectivity index (χ4n) is 1.56.